The van der Waals surface area contributed by atoms with Crippen molar-refractivity contribution in [3.05, 3.63) is 33.3 Å². The van der Waals surface area contributed by atoms with E-state index in [2.05, 4.69) is 21.7 Å². The number of rotatable bonds is 4. The fourth-order valence-electron chi connectivity index (χ4n) is 2.73. The summed E-state index contributed by atoms with van der Waals surface area (Å²) in [6, 6.07) is 2.75. The lowest BCUT2D eigenvalue weighted by molar-refractivity contribution is 0.592. The first-order valence-corrected chi connectivity index (χ1v) is 7.72. The Morgan fingerprint density at radius 3 is 2.95 bits per heavy atom. The highest BCUT2D eigenvalue weighted by Crippen LogP contribution is 2.33. The molecule has 1 aliphatic rings. The quantitative estimate of drug-likeness (QED) is 0.931. The van der Waals surface area contributed by atoms with E-state index >= 15 is 0 Å². The standard InChI is InChI=1S/C14H20N4S/c1-15-12(8-11-9-18(2)17-16-11)14-7-10-5-3-4-6-13(10)19-14/h7,9,12,15H,3-6,8H2,1-2H3. The first-order valence-electron chi connectivity index (χ1n) is 6.90. The van der Waals surface area contributed by atoms with Gasteiger partial charge < -0.3 is 5.32 Å². The third-order valence-corrected chi connectivity index (χ3v) is 5.12. The van der Waals surface area contributed by atoms with Crippen LogP contribution in [0.2, 0.25) is 0 Å². The SMILES string of the molecule is CNC(Cc1cn(C)nn1)c1cc2c(s1)CCCC2. The summed E-state index contributed by atoms with van der Waals surface area (Å²) in [5.74, 6) is 0. The summed E-state index contributed by atoms with van der Waals surface area (Å²) in [6.45, 7) is 0. The van der Waals surface area contributed by atoms with Gasteiger partial charge in [0, 0.05) is 35.5 Å². The molecule has 0 fully saturated rings. The van der Waals surface area contributed by atoms with Crippen LogP contribution in [0, 0.1) is 0 Å². The number of thiophene rings is 1. The number of aryl methyl sites for hydroxylation is 3. The van der Waals surface area contributed by atoms with E-state index in [9.17, 15) is 0 Å². The second-order valence-corrected chi connectivity index (χ2v) is 6.40. The molecule has 19 heavy (non-hydrogen) atoms. The van der Waals surface area contributed by atoms with Crippen LogP contribution in [0.25, 0.3) is 0 Å². The van der Waals surface area contributed by atoms with E-state index < -0.39 is 0 Å². The van der Waals surface area contributed by atoms with Crippen LogP contribution in [-0.4, -0.2) is 22.0 Å². The van der Waals surface area contributed by atoms with Gasteiger partial charge in [0.15, 0.2) is 0 Å². The molecule has 102 valence electrons. The molecule has 2 aromatic rings. The van der Waals surface area contributed by atoms with Crippen LogP contribution < -0.4 is 5.32 Å². The van der Waals surface area contributed by atoms with Crippen molar-refractivity contribution in [1.29, 1.82) is 0 Å². The number of nitrogens with one attached hydrogen (secondary N) is 1. The molecule has 3 rings (SSSR count). The summed E-state index contributed by atoms with van der Waals surface area (Å²) >= 11 is 1.98. The molecule has 0 saturated heterocycles. The van der Waals surface area contributed by atoms with E-state index in [1.807, 2.05) is 31.6 Å². The zero-order chi connectivity index (χ0) is 13.2. The van der Waals surface area contributed by atoms with Crippen LogP contribution in [0.15, 0.2) is 12.3 Å². The number of nitrogens with zero attached hydrogens (tertiary/aromatic N) is 3. The molecule has 5 heteroatoms. The van der Waals surface area contributed by atoms with Gasteiger partial charge in [-0.2, -0.15) is 0 Å². The van der Waals surface area contributed by atoms with Crippen molar-refractivity contribution >= 4 is 11.3 Å². The lowest BCUT2D eigenvalue weighted by Crippen LogP contribution is -2.17. The fourth-order valence-corrected chi connectivity index (χ4v) is 4.10. The normalized spacial score (nSPS) is 16.3. The van der Waals surface area contributed by atoms with E-state index in [1.165, 1.54) is 30.6 Å². The number of fused-ring (bicyclic) bond motifs is 1. The lowest BCUT2D eigenvalue weighted by atomic mass is 9.98. The molecule has 0 aromatic carbocycles. The molecule has 1 aliphatic carbocycles. The van der Waals surface area contributed by atoms with Crippen molar-refractivity contribution in [3.63, 3.8) is 0 Å². The van der Waals surface area contributed by atoms with Crippen LogP contribution in [-0.2, 0) is 26.3 Å². The van der Waals surface area contributed by atoms with Gasteiger partial charge in [-0.15, -0.1) is 16.4 Å². The maximum atomic E-state index is 4.19. The molecular formula is C14H20N4S. The molecule has 1 unspecified atom stereocenters. The predicted octanol–water partition coefficient (Wildman–Crippen LogP) is 2.26. The molecular weight excluding hydrogens is 256 g/mol. The van der Waals surface area contributed by atoms with Gasteiger partial charge in [0.2, 0.25) is 0 Å². The summed E-state index contributed by atoms with van der Waals surface area (Å²) in [6.07, 6.45) is 8.12. The van der Waals surface area contributed by atoms with Gasteiger partial charge >= 0.3 is 0 Å². The largest absolute Gasteiger partial charge is 0.312 e. The van der Waals surface area contributed by atoms with Crippen molar-refractivity contribution in [3.8, 4) is 0 Å². The van der Waals surface area contributed by atoms with Crippen LogP contribution in [0.4, 0.5) is 0 Å². The van der Waals surface area contributed by atoms with E-state index in [0.717, 1.165) is 12.1 Å². The number of hydrogen-bond donors (Lipinski definition) is 1. The maximum Gasteiger partial charge on any atom is 0.0846 e. The zero-order valence-electron chi connectivity index (χ0n) is 11.5. The van der Waals surface area contributed by atoms with Gasteiger partial charge in [-0.1, -0.05) is 5.21 Å². The maximum absolute atomic E-state index is 4.19. The molecule has 0 bridgehead atoms. The molecule has 0 aliphatic heterocycles. The predicted molar refractivity (Wildman–Crippen MR) is 77.5 cm³/mol. The highest BCUT2D eigenvalue weighted by Gasteiger charge is 2.19. The Morgan fingerprint density at radius 1 is 1.42 bits per heavy atom. The van der Waals surface area contributed by atoms with E-state index in [4.69, 9.17) is 0 Å². The van der Waals surface area contributed by atoms with Gasteiger partial charge in [0.1, 0.15) is 0 Å². The van der Waals surface area contributed by atoms with Gasteiger partial charge in [-0.05, 0) is 44.4 Å². The summed E-state index contributed by atoms with van der Waals surface area (Å²) in [4.78, 5) is 3.04. The second-order valence-electron chi connectivity index (χ2n) is 5.23. The van der Waals surface area contributed by atoms with Crippen molar-refractivity contribution in [2.45, 2.75) is 38.1 Å². The Bertz CT molecular complexity index is 534. The first-order chi connectivity index (χ1) is 9.26. The van der Waals surface area contributed by atoms with Gasteiger partial charge in [-0.3, -0.25) is 4.68 Å². The number of likely N-dealkylation sites (N-methyl/N-ethyl adjacent to an activating group) is 1. The summed E-state index contributed by atoms with van der Waals surface area (Å²) in [5.41, 5.74) is 2.62. The van der Waals surface area contributed by atoms with Crippen LogP contribution >= 0.6 is 11.3 Å². The molecule has 0 amide bonds. The zero-order valence-corrected chi connectivity index (χ0v) is 12.3. The van der Waals surface area contributed by atoms with Crippen molar-refractivity contribution in [2.75, 3.05) is 7.05 Å². The second kappa shape index (κ2) is 5.43. The Labute approximate surface area is 117 Å². The Morgan fingerprint density at radius 2 is 2.26 bits per heavy atom. The average Bonchev–Trinajstić information content (AvgIpc) is 3.01. The Balaban J connectivity index is 1.79. The highest BCUT2D eigenvalue weighted by atomic mass is 32.1. The number of hydrogen-bond acceptors (Lipinski definition) is 4. The van der Waals surface area contributed by atoms with E-state index in [1.54, 1.807) is 15.1 Å². The van der Waals surface area contributed by atoms with Gasteiger partial charge in [0.25, 0.3) is 0 Å². The Hall–Kier alpha value is -1.20. The van der Waals surface area contributed by atoms with Crippen molar-refractivity contribution in [1.82, 2.24) is 20.3 Å². The summed E-state index contributed by atoms with van der Waals surface area (Å²) in [7, 11) is 3.94. The topological polar surface area (TPSA) is 42.7 Å². The molecule has 0 spiro atoms. The molecule has 1 atom stereocenters. The van der Waals surface area contributed by atoms with E-state index in [0.29, 0.717) is 6.04 Å². The van der Waals surface area contributed by atoms with Crippen molar-refractivity contribution in [2.24, 2.45) is 7.05 Å². The average molecular weight is 276 g/mol. The first kappa shape index (κ1) is 12.8. The third kappa shape index (κ3) is 2.72. The van der Waals surface area contributed by atoms with Gasteiger partial charge in [-0.25, -0.2) is 0 Å². The minimum Gasteiger partial charge on any atom is -0.312 e. The minimum atomic E-state index is 0.354. The van der Waals surface area contributed by atoms with Crippen LogP contribution in [0.1, 0.15) is 39.9 Å². The summed E-state index contributed by atoms with van der Waals surface area (Å²) in [5, 5.41) is 11.6. The lowest BCUT2D eigenvalue weighted by Gasteiger charge is -2.12. The number of aromatic nitrogens is 3. The molecule has 2 heterocycles. The summed E-state index contributed by atoms with van der Waals surface area (Å²) < 4.78 is 1.77. The smallest absolute Gasteiger partial charge is 0.0846 e. The monoisotopic (exact) mass is 276 g/mol. The highest BCUT2D eigenvalue weighted by molar-refractivity contribution is 7.12. The molecule has 1 N–H and O–H groups in total. The fraction of sp³-hybridized carbons (Fsp3) is 0.571. The van der Waals surface area contributed by atoms with Crippen LogP contribution in [0.5, 0.6) is 0 Å². The van der Waals surface area contributed by atoms with E-state index in [-0.39, 0.29) is 0 Å². The molecule has 0 radical (unpaired) electrons. The third-order valence-electron chi connectivity index (χ3n) is 3.77. The minimum absolute atomic E-state index is 0.354. The van der Waals surface area contributed by atoms with Crippen molar-refractivity contribution < 1.29 is 0 Å². The molecule has 2 aromatic heterocycles. The Kier molecular flexibility index (Phi) is 3.66. The van der Waals surface area contributed by atoms with Crippen LogP contribution in [0.3, 0.4) is 0 Å². The molecule has 0 saturated carbocycles. The molecule has 4 nitrogen and oxygen atoms in total. The van der Waals surface area contributed by atoms with Gasteiger partial charge in [0.05, 0.1) is 5.69 Å².